The summed E-state index contributed by atoms with van der Waals surface area (Å²) in [6.07, 6.45) is 5.33. The van der Waals surface area contributed by atoms with Crippen molar-refractivity contribution in [3.05, 3.63) is 60.0 Å². The second kappa shape index (κ2) is 8.46. The minimum absolute atomic E-state index is 0.0343. The maximum absolute atomic E-state index is 12.5. The van der Waals surface area contributed by atoms with Crippen LogP contribution in [0.4, 0.5) is 4.79 Å². The fraction of sp³-hybridized carbons (Fsp3) is 0.429. The summed E-state index contributed by atoms with van der Waals surface area (Å²) in [5, 5.41) is 11.3. The molecular formula is C21H26N6O2. The number of hydrogen-bond donors (Lipinski definition) is 1. The highest BCUT2D eigenvalue weighted by Gasteiger charge is 2.27. The maximum atomic E-state index is 12.5. The molecule has 29 heavy (non-hydrogen) atoms. The zero-order valence-corrected chi connectivity index (χ0v) is 16.8. The number of piperidine rings is 1. The summed E-state index contributed by atoms with van der Waals surface area (Å²) in [6.45, 7) is 5.97. The van der Waals surface area contributed by atoms with Crippen LogP contribution in [-0.2, 0) is 6.54 Å². The molecule has 1 aliphatic heterocycles. The molecule has 2 amide bonds. The van der Waals surface area contributed by atoms with E-state index in [2.05, 4.69) is 20.6 Å². The van der Waals surface area contributed by atoms with Crippen LogP contribution in [0.15, 0.2) is 47.2 Å². The van der Waals surface area contributed by atoms with Gasteiger partial charge in [0.25, 0.3) is 0 Å². The minimum Gasteiger partial charge on any atom is -0.339 e. The highest BCUT2D eigenvalue weighted by Crippen LogP contribution is 2.27. The van der Waals surface area contributed by atoms with Crippen molar-refractivity contribution in [1.29, 1.82) is 0 Å². The van der Waals surface area contributed by atoms with Gasteiger partial charge in [-0.3, -0.25) is 0 Å². The lowest BCUT2D eigenvalue weighted by atomic mass is 9.97. The van der Waals surface area contributed by atoms with Crippen LogP contribution in [0, 0.1) is 0 Å². The molecule has 1 fully saturated rings. The molecule has 0 atom stereocenters. The monoisotopic (exact) mass is 394 g/mol. The van der Waals surface area contributed by atoms with E-state index in [9.17, 15) is 4.79 Å². The number of nitrogens with one attached hydrogen (secondary N) is 1. The predicted octanol–water partition coefficient (Wildman–Crippen LogP) is 3.47. The number of carbonyl (C=O) groups excluding carboxylic acids is 1. The fourth-order valence-electron chi connectivity index (χ4n) is 3.45. The van der Waals surface area contributed by atoms with Gasteiger partial charge >= 0.3 is 6.03 Å². The van der Waals surface area contributed by atoms with Gasteiger partial charge in [0.15, 0.2) is 5.82 Å². The van der Waals surface area contributed by atoms with Crippen molar-refractivity contribution in [2.75, 3.05) is 13.1 Å². The molecular weight excluding hydrogens is 368 g/mol. The molecule has 0 saturated carbocycles. The first-order chi connectivity index (χ1) is 14.1. The third-order valence-electron chi connectivity index (χ3n) is 5.25. The lowest BCUT2D eigenvalue weighted by Crippen LogP contribution is -2.43. The van der Waals surface area contributed by atoms with E-state index >= 15 is 0 Å². The number of carbonyl (C=O) groups is 1. The summed E-state index contributed by atoms with van der Waals surface area (Å²) < 4.78 is 7.22. The topological polar surface area (TPSA) is 89.1 Å². The Bertz CT molecular complexity index is 925. The molecule has 0 bridgehead atoms. The number of nitrogens with zero attached hydrogens (tertiary/aromatic N) is 5. The van der Waals surface area contributed by atoms with E-state index in [4.69, 9.17) is 4.52 Å². The number of rotatable bonds is 5. The number of amides is 2. The first kappa shape index (κ1) is 19.2. The highest BCUT2D eigenvalue weighted by atomic mass is 16.5. The third-order valence-corrected chi connectivity index (χ3v) is 5.25. The summed E-state index contributed by atoms with van der Waals surface area (Å²) in [4.78, 5) is 18.9. The summed E-state index contributed by atoms with van der Waals surface area (Å²) >= 11 is 0. The molecule has 0 radical (unpaired) electrons. The maximum Gasteiger partial charge on any atom is 0.317 e. The Labute approximate surface area is 169 Å². The average Bonchev–Trinajstić information content (AvgIpc) is 3.45. The van der Waals surface area contributed by atoms with Gasteiger partial charge in [0, 0.05) is 43.9 Å². The quantitative estimate of drug-likeness (QED) is 0.716. The van der Waals surface area contributed by atoms with Gasteiger partial charge in [0.2, 0.25) is 5.89 Å². The Morgan fingerprint density at radius 2 is 2.00 bits per heavy atom. The van der Waals surface area contributed by atoms with Crippen LogP contribution in [-0.4, -0.2) is 43.9 Å². The highest BCUT2D eigenvalue weighted by molar-refractivity contribution is 5.74. The van der Waals surface area contributed by atoms with Crippen molar-refractivity contribution in [2.24, 2.45) is 0 Å². The van der Waals surface area contributed by atoms with Crippen LogP contribution in [0.1, 0.15) is 55.8 Å². The molecule has 2 aromatic heterocycles. The van der Waals surface area contributed by atoms with E-state index in [1.165, 1.54) is 0 Å². The van der Waals surface area contributed by atoms with E-state index in [1.807, 2.05) is 55.3 Å². The first-order valence-electron chi connectivity index (χ1n) is 10.1. The van der Waals surface area contributed by atoms with Crippen molar-refractivity contribution in [3.8, 4) is 5.69 Å². The Hall–Kier alpha value is -3.16. The second-order valence-electron chi connectivity index (χ2n) is 7.68. The number of urea groups is 1. The molecule has 1 aliphatic rings. The summed E-state index contributed by atoms with van der Waals surface area (Å²) in [5.74, 6) is 1.94. The van der Waals surface area contributed by atoms with E-state index < -0.39 is 0 Å². The first-order valence-corrected chi connectivity index (χ1v) is 10.1. The number of benzene rings is 1. The molecule has 8 heteroatoms. The molecule has 8 nitrogen and oxygen atoms in total. The Kier molecular flexibility index (Phi) is 5.59. The van der Waals surface area contributed by atoms with Crippen molar-refractivity contribution in [1.82, 2.24) is 30.1 Å². The van der Waals surface area contributed by atoms with Crippen LogP contribution < -0.4 is 5.32 Å². The van der Waals surface area contributed by atoms with Crippen LogP contribution in [0.2, 0.25) is 0 Å². The SMILES string of the molecule is CC(C)c1noc(C2CCN(C(=O)NCc3ccc(-n4cccn4)cc3)CC2)n1. The van der Waals surface area contributed by atoms with Crippen LogP contribution in [0.3, 0.4) is 0 Å². The molecule has 152 valence electrons. The second-order valence-corrected chi connectivity index (χ2v) is 7.68. The number of hydrogen-bond acceptors (Lipinski definition) is 5. The lowest BCUT2D eigenvalue weighted by Gasteiger charge is -2.30. The van der Waals surface area contributed by atoms with Gasteiger partial charge in [-0.1, -0.05) is 31.1 Å². The van der Waals surface area contributed by atoms with Crippen molar-refractivity contribution in [3.63, 3.8) is 0 Å². The van der Waals surface area contributed by atoms with Gasteiger partial charge in [0.05, 0.1) is 5.69 Å². The van der Waals surface area contributed by atoms with E-state index in [0.29, 0.717) is 25.5 Å². The van der Waals surface area contributed by atoms with Crippen LogP contribution in [0.5, 0.6) is 0 Å². The van der Waals surface area contributed by atoms with Crippen molar-refractivity contribution >= 4 is 6.03 Å². The van der Waals surface area contributed by atoms with Gasteiger partial charge in [-0.15, -0.1) is 0 Å². The average molecular weight is 394 g/mol. The summed E-state index contributed by atoms with van der Waals surface area (Å²) in [5.41, 5.74) is 2.05. The van der Waals surface area contributed by atoms with Crippen molar-refractivity contribution in [2.45, 2.75) is 45.1 Å². The number of aromatic nitrogens is 4. The number of likely N-dealkylation sites (tertiary alicyclic amines) is 1. The predicted molar refractivity (Wildman–Crippen MR) is 108 cm³/mol. The van der Waals surface area contributed by atoms with Crippen molar-refractivity contribution < 1.29 is 9.32 Å². The normalized spacial score (nSPS) is 15.1. The van der Waals surface area contributed by atoms with Gasteiger partial charge in [-0.25, -0.2) is 9.48 Å². The Balaban J connectivity index is 1.25. The van der Waals surface area contributed by atoms with E-state index in [-0.39, 0.29) is 17.9 Å². The largest absolute Gasteiger partial charge is 0.339 e. The molecule has 0 aliphatic carbocycles. The van der Waals surface area contributed by atoms with Gasteiger partial charge in [-0.05, 0) is 36.6 Å². The van der Waals surface area contributed by atoms with Gasteiger partial charge < -0.3 is 14.7 Å². The third kappa shape index (κ3) is 4.47. The van der Waals surface area contributed by atoms with Crippen LogP contribution >= 0.6 is 0 Å². The summed E-state index contributed by atoms with van der Waals surface area (Å²) in [7, 11) is 0. The lowest BCUT2D eigenvalue weighted by molar-refractivity contribution is 0.175. The minimum atomic E-state index is -0.0343. The van der Waals surface area contributed by atoms with E-state index in [1.54, 1.807) is 10.9 Å². The summed E-state index contributed by atoms with van der Waals surface area (Å²) in [6, 6.07) is 9.86. The molecule has 0 unspecified atom stereocenters. The zero-order chi connectivity index (χ0) is 20.2. The molecule has 1 N–H and O–H groups in total. The smallest absolute Gasteiger partial charge is 0.317 e. The van der Waals surface area contributed by atoms with E-state index in [0.717, 1.165) is 29.9 Å². The standard InChI is InChI=1S/C21H26N6O2/c1-15(2)19-24-20(29-25-19)17-8-12-26(13-9-17)21(28)22-14-16-4-6-18(7-5-16)27-11-3-10-23-27/h3-7,10-11,15,17H,8-9,12-14H2,1-2H3,(H,22,28). The van der Waals surface area contributed by atoms with Gasteiger partial charge in [0.1, 0.15) is 0 Å². The molecule has 1 saturated heterocycles. The zero-order valence-electron chi connectivity index (χ0n) is 16.8. The molecule has 1 aromatic carbocycles. The van der Waals surface area contributed by atoms with Crippen LogP contribution in [0.25, 0.3) is 5.69 Å². The van der Waals surface area contributed by atoms with Gasteiger partial charge in [-0.2, -0.15) is 10.1 Å². The fourth-order valence-corrected chi connectivity index (χ4v) is 3.45. The molecule has 3 aromatic rings. The molecule has 3 heterocycles. The molecule has 4 rings (SSSR count). The Morgan fingerprint density at radius 1 is 1.24 bits per heavy atom. The molecule has 0 spiro atoms. The Morgan fingerprint density at radius 3 is 2.62 bits per heavy atom.